The van der Waals surface area contributed by atoms with Crippen molar-refractivity contribution in [2.24, 2.45) is 0 Å². The van der Waals surface area contributed by atoms with Crippen LogP contribution in [0.15, 0.2) is 35.0 Å². The number of fused-ring (bicyclic) bond motifs is 1. The van der Waals surface area contributed by atoms with Crippen LogP contribution in [-0.4, -0.2) is 51.6 Å². The molecular formula is C15H12Cl2N2O5S. The Morgan fingerprint density at radius 1 is 1.32 bits per heavy atom. The van der Waals surface area contributed by atoms with Gasteiger partial charge in [-0.25, -0.2) is 4.79 Å². The number of halogens is 2. The molecule has 3 rings (SSSR count). The fourth-order valence-electron chi connectivity index (χ4n) is 2.48. The van der Waals surface area contributed by atoms with E-state index in [-0.39, 0.29) is 23.1 Å². The van der Waals surface area contributed by atoms with Crippen LogP contribution < -0.4 is 10.1 Å². The van der Waals surface area contributed by atoms with Crippen LogP contribution in [0, 0.1) is 0 Å². The van der Waals surface area contributed by atoms with E-state index in [0.29, 0.717) is 10.8 Å². The zero-order valence-corrected chi connectivity index (χ0v) is 14.9. The molecule has 0 aliphatic carbocycles. The number of carbonyl (C=O) groups is 3. The molecule has 2 aliphatic rings. The van der Waals surface area contributed by atoms with Gasteiger partial charge in [0.25, 0.3) is 11.8 Å². The Labute approximate surface area is 156 Å². The number of rotatable bonds is 5. The second-order valence-corrected chi connectivity index (χ2v) is 7.25. The van der Waals surface area contributed by atoms with Crippen LogP contribution in [0.25, 0.3) is 0 Å². The fraction of sp³-hybridized carbons (Fsp3) is 0.267. The molecule has 0 radical (unpaired) electrons. The Morgan fingerprint density at radius 3 is 2.64 bits per heavy atom. The van der Waals surface area contributed by atoms with Crippen LogP contribution in [0.2, 0.25) is 5.02 Å². The number of benzene rings is 1. The molecular weight excluding hydrogens is 391 g/mol. The van der Waals surface area contributed by atoms with Crippen molar-refractivity contribution < 1.29 is 24.2 Å². The topological polar surface area (TPSA) is 95.9 Å². The molecule has 2 atom stereocenters. The summed E-state index contributed by atoms with van der Waals surface area (Å²) in [6.07, 6.45) is 0. The van der Waals surface area contributed by atoms with Gasteiger partial charge in [-0.1, -0.05) is 23.2 Å². The Bertz CT molecular complexity index is 768. The first-order valence-electron chi connectivity index (χ1n) is 7.13. The number of aliphatic carboxylic acids is 1. The summed E-state index contributed by atoms with van der Waals surface area (Å²) in [5.41, 5.74) is -0.224. The molecule has 0 aromatic heterocycles. The van der Waals surface area contributed by atoms with E-state index in [9.17, 15) is 19.5 Å². The van der Waals surface area contributed by atoms with Gasteiger partial charge in [-0.3, -0.25) is 14.5 Å². The fourth-order valence-corrected chi connectivity index (χ4v) is 4.15. The van der Waals surface area contributed by atoms with E-state index in [2.05, 4.69) is 5.32 Å². The van der Waals surface area contributed by atoms with Crippen LogP contribution >= 0.6 is 35.0 Å². The molecule has 7 nitrogen and oxygen atoms in total. The van der Waals surface area contributed by atoms with Crippen molar-refractivity contribution in [2.75, 3.05) is 12.4 Å². The van der Waals surface area contributed by atoms with Crippen LogP contribution in [0.3, 0.4) is 0 Å². The number of amides is 2. The second kappa shape index (κ2) is 7.15. The van der Waals surface area contributed by atoms with E-state index in [1.54, 1.807) is 24.3 Å². The lowest BCUT2D eigenvalue weighted by atomic mass is 10.1. The average Bonchev–Trinajstić information content (AvgIpc) is 2.58. The van der Waals surface area contributed by atoms with E-state index in [1.807, 2.05) is 0 Å². The van der Waals surface area contributed by atoms with E-state index in [0.717, 1.165) is 4.90 Å². The molecule has 1 aromatic rings. The molecule has 1 saturated heterocycles. The quantitative estimate of drug-likeness (QED) is 0.726. The standard InChI is InChI=1S/C15H12Cl2N2O5S/c16-7-1-3-8(4-2-7)24-5-10(20)18-11-13(21)19-12(15(22)23)9(17)6-25-14(11)19/h1-4,11,14H,5-6H2,(H,18,20)(H,22,23)/t11?,14-/m1/s1. The van der Waals surface area contributed by atoms with E-state index in [1.165, 1.54) is 11.8 Å². The Balaban J connectivity index is 1.58. The zero-order valence-electron chi connectivity index (χ0n) is 12.6. The largest absolute Gasteiger partial charge is 0.484 e. The third kappa shape index (κ3) is 3.56. The first kappa shape index (κ1) is 17.9. The van der Waals surface area contributed by atoms with Gasteiger partial charge in [0, 0.05) is 10.8 Å². The highest BCUT2D eigenvalue weighted by Gasteiger charge is 2.54. The van der Waals surface area contributed by atoms with Gasteiger partial charge < -0.3 is 15.2 Å². The molecule has 1 unspecified atom stereocenters. The minimum absolute atomic E-state index is 0.109. The van der Waals surface area contributed by atoms with E-state index in [4.69, 9.17) is 27.9 Å². The number of nitrogens with zero attached hydrogens (tertiary/aromatic N) is 1. The van der Waals surface area contributed by atoms with Crippen molar-refractivity contribution >= 4 is 52.7 Å². The Hall–Kier alpha value is -1.90. The summed E-state index contributed by atoms with van der Waals surface area (Å²) >= 11 is 12.9. The van der Waals surface area contributed by atoms with Gasteiger partial charge in [-0.05, 0) is 24.3 Å². The van der Waals surface area contributed by atoms with Gasteiger partial charge in [0.05, 0.1) is 5.03 Å². The van der Waals surface area contributed by atoms with Gasteiger partial charge in [0.15, 0.2) is 6.61 Å². The third-order valence-corrected chi connectivity index (χ3v) is 5.63. The minimum atomic E-state index is -1.26. The molecule has 1 fully saturated rings. The highest BCUT2D eigenvalue weighted by Crippen LogP contribution is 2.41. The Kier molecular flexibility index (Phi) is 5.12. The van der Waals surface area contributed by atoms with Gasteiger partial charge >= 0.3 is 5.97 Å². The second-order valence-electron chi connectivity index (χ2n) is 5.26. The van der Waals surface area contributed by atoms with Gasteiger partial charge in [-0.2, -0.15) is 0 Å². The first-order valence-corrected chi connectivity index (χ1v) is 8.93. The number of thioether (sulfide) groups is 1. The molecule has 2 N–H and O–H groups in total. The van der Waals surface area contributed by atoms with Crippen molar-refractivity contribution in [1.29, 1.82) is 0 Å². The minimum Gasteiger partial charge on any atom is -0.484 e. The smallest absolute Gasteiger partial charge is 0.353 e. The molecule has 132 valence electrons. The lowest BCUT2D eigenvalue weighted by Crippen LogP contribution is -2.70. The summed E-state index contributed by atoms with van der Waals surface area (Å²) in [4.78, 5) is 36.5. The maximum absolute atomic E-state index is 12.2. The molecule has 2 heterocycles. The van der Waals surface area contributed by atoms with Crippen molar-refractivity contribution in [2.45, 2.75) is 11.4 Å². The van der Waals surface area contributed by atoms with Gasteiger partial charge in [0.1, 0.15) is 22.9 Å². The lowest BCUT2D eigenvalue weighted by molar-refractivity contribution is -0.150. The predicted molar refractivity (Wildman–Crippen MR) is 92.5 cm³/mol. The molecule has 2 aliphatic heterocycles. The normalized spacial score (nSPS) is 22.2. The monoisotopic (exact) mass is 402 g/mol. The summed E-state index contributed by atoms with van der Waals surface area (Å²) in [6, 6.07) is 5.70. The highest BCUT2D eigenvalue weighted by molar-refractivity contribution is 8.00. The number of nitrogens with one attached hydrogen (secondary N) is 1. The van der Waals surface area contributed by atoms with Crippen molar-refractivity contribution in [3.8, 4) is 5.75 Å². The number of hydrogen-bond donors (Lipinski definition) is 2. The molecule has 25 heavy (non-hydrogen) atoms. The van der Waals surface area contributed by atoms with Crippen LogP contribution in [0.4, 0.5) is 0 Å². The molecule has 0 bridgehead atoms. The Morgan fingerprint density at radius 2 is 2.00 bits per heavy atom. The van der Waals surface area contributed by atoms with Crippen molar-refractivity contribution in [1.82, 2.24) is 10.2 Å². The number of carbonyl (C=O) groups excluding carboxylic acids is 2. The maximum atomic E-state index is 12.2. The van der Waals surface area contributed by atoms with E-state index >= 15 is 0 Å². The number of carboxylic acid groups (broad SMARTS) is 1. The predicted octanol–water partition coefficient (Wildman–Crippen LogP) is 1.65. The van der Waals surface area contributed by atoms with Crippen LogP contribution in [0.1, 0.15) is 0 Å². The number of β-lactam (4-membered cyclic amide) rings is 1. The average molecular weight is 403 g/mol. The molecule has 2 amide bonds. The lowest BCUT2D eigenvalue weighted by Gasteiger charge is -2.48. The molecule has 0 saturated carbocycles. The SMILES string of the molecule is O=C(COc1ccc(Cl)cc1)NC1C(=O)N2C(C(=O)O)=C(Cl)CS[C@H]12. The van der Waals surface area contributed by atoms with Gasteiger partial charge in [-0.15, -0.1) is 11.8 Å². The van der Waals surface area contributed by atoms with Crippen LogP contribution in [-0.2, 0) is 14.4 Å². The number of carboxylic acids is 1. The summed E-state index contributed by atoms with van der Waals surface area (Å²) in [5, 5.41) is 11.9. The first-order chi connectivity index (χ1) is 11.9. The molecule has 1 aromatic carbocycles. The van der Waals surface area contributed by atoms with Crippen LogP contribution in [0.5, 0.6) is 5.75 Å². The summed E-state index contributed by atoms with van der Waals surface area (Å²) in [6.45, 7) is -0.273. The number of hydrogen-bond acceptors (Lipinski definition) is 5. The third-order valence-electron chi connectivity index (χ3n) is 3.62. The molecule has 10 heteroatoms. The van der Waals surface area contributed by atoms with E-state index < -0.39 is 29.2 Å². The van der Waals surface area contributed by atoms with Crippen molar-refractivity contribution in [3.05, 3.63) is 40.0 Å². The summed E-state index contributed by atoms with van der Waals surface area (Å²) < 4.78 is 5.31. The highest BCUT2D eigenvalue weighted by atomic mass is 35.5. The van der Waals surface area contributed by atoms with Gasteiger partial charge in [0.2, 0.25) is 0 Å². The van der Waals surface area contributed by atoms with Crippen molar-refractivity contribution in [3.63, 3.8) is 0 Å². The zero-order chi connectivity index (χ0) is 18.1. The maximum Gasteiger partial charge on any atom is 0.353 e. The summed E-state index contributed by atoms with van der Waals surface area (Å²) in [7, 11) is 0. The summed E-state index contributed by atoms with van der Waals surface area (Å²) in [5.74, 6) is -1.51. The number of ether oxygens (including phenoxy) is 1. The molecule has 0 spiro atoms.